The highest BCUT2D eigenvalue weighted by molar-refractivity contribution is 6.30. The number of carbonyl (C=O) groups excluding carboxylic acids is 1. The molecule has 2 N–H and O–H groups in total. The highest BCUT2D eigenvalue weighted by Gasteiger charge is 2.20. The van der Waals surface area contributed by atoms with Crippen LogP contribution in [0.25, 0.3) is 0 Å². The largest absolute Gasteiger partial charge is 0.385 e. The number of carbonyl (C=O) groups is 1. The van der Waals surface area contributed by atoms with Gasteiger partial charge in [-0.25, -0.2) is 0 Å². The molecule has 0 saturated carbocycles. The number of nitrogens with zero attached hydrogens (tertiary/aromatic N) is 1. The summed E-state index contributed by atoms with van der Waals surface area (Å²) in [5.74, 6) is 0. The Hall–Kier alpha value is -1.41. The number of aliphatic hydroxyl groups is 2. The minimum atomic E-state index is -1.58. The monoisotopic (exact) mass is 225 g/mol. The molecule has 2 atom stereocenters. The summed E-state index contributed by atoms with van der Waals surface area (Å²) in [6, 6.07) is 5.73. The maximum Gasteiger partial charge on any atom is 0.170 e. The van der Waals surface area contributed by atoms with Gasteiger partial charge in [0.2, 0.25) is 0 Å². The van der Waals surface area contributed by atoms with Crippen LogP contribution in [0.2, 0.25) is 5.02 Å². The van der Waals surface area contributed by atoms with Gasteiger partial charge in [0.25, 0.3) is 0 Å². The van der Waals surface area contributed by atoms with Gasteiger partial charge >= 0.3 is 0 Å². The lowest BCUT2D eigenvalue weighted by molar-refractivity contribution is 0.0522. The molecule has 2 unspecified atom stereocenters. The maximum atomic E-state index is 10.6. The summed E-state index contributed by atoms with van der Waals surface area (Å²) in [7, 11) is 0. The van der Waals surface area contributed by atoms with E-state index in [1.807, 2.05) is 0 Å². The van der Waals surface area contributed by atoms with Crippen LogP contribution < -0.4 is 0 Å². The van der Waals surface area contributed by atoms with Crippen LogP contribution in [0.4, 0.5) is 0 Å². The smallest absolute Gasteiger partial charge is 0.170 e. The standard InChI is InChI=1S/C10H8ClNO3/c11-7-2-1-6(5-13)8(3-7)10(15)9(14)4-12/h1-3,5,9-10,14-15H. The first-order chi connectivity index (χ1) is 7.10. The number of aldehydes is 1. The molecule has 15 heavy (non-hydrogen) atoms. The van der Waals surface area contributed by atoms with Crippen molar-refractivity contribution in [2.45, 2.75) is 12.2 Å². The molecule has 0 amide bonds. The summed E-state index contributed by atoms with van der Waals surface area (Å²) in [6.45, 7) is 0. The van der Waals surface area contributed by atoms with Crippen molar-refractivity contribution in [3.8, 4) is 6.07 Å². The average molecular weight is 226 g/mol. The minimum Gasteiger partial charge on any atom is -0.385 e. The molecule has 1 aromatic rings. The van der Waals surface area contributed by atoms with Crippen molar-refractivity contribution in [1.29, 1.82) is 5.26 Å². The predicted octanol–water partition coefficient (Wildman–Crippen LogP) is 1.07. The Morgan fingerprint density at radius 1 is 1.47 bits per heavy atom. The van der Waals surface area contributed by atoms with Crippen LogP contribution in [0.3, 0.4) is 0 Å². The summed E-state index contributed by atoms with van der Waals surface area (Å²) in [5.41, 5.74) is 0.341. The highest BCUT2D eigenvalue weighted by Crippen LogP contribution is 2.23. The Morgan fingerprint density at radius 2 is 2.13 bits per heavy atom. The second-order valence-electron chi connectivity index (χ2n) is 2.91. The molecule has 1 aromatic carbocycles. The average Bonchev–Trinajstić information content (AvgIpc) is 2.27. The number of rotatable bonds is 3. The van der Waals surface area contributed by atoms with Crippen LogP contribution in [-0.2, 0) is 0 Å². The van der Waals surface area contributed by atoms with Crippen molar-refractivity contribution in [1.82, 2.24) is 0 Å². The molecule has 5 heteroatoms. The van der Waals surface area contributed by atoms with Crippen molar-refractivity contribution >= 4 is 17.9 Å². The van der Waals surface area contributed by atoms with Crippen molar-refractivity contribution in [2.24, 2.45) is 0 Å². The van der Waals surface area contributed by atoms with Crippen LogP contribution in [-0.4, -0.2) is 22.6 Å². The first-order valence-electron chi connectivity index (χ1n) is 4.10. The van der Waals surface area contributed by atoms with Crippen molar-refractivity contribution in [2.75, 3.05) is 0 Å². The van der Waals surface area contributed by atoms with E-state index in [4.69, 9.17) is 22.0 Å². The van der Waals surface area contributed by atoms with Crippen molar-refractivity contribution < 1.29 is 15.0 Å². The molecule has 1 rings (SSSR count). The number of aliphatic hydroxyl groups excluding tert-OH is 2. The molecule has 0 fully saturated rings. The molecule has 0 aliphatic heterocycles. The summed E-state index contributed by atoms with van der Waals surface area (Å²) in [5, 5.41) is 27.4. The zero-order chi connectivity index (χ0) is 11.4. The molecule has 0 aliphatic carbocycles. The van der Waals surface area contributed by atoms with Gasteiger partial charge in [0, 0.05) is 10.6 Å². The number of hydrogen-bond acceptors (Lipinski definition) is 4. The van der Waals surface area contributed by atoms with Crippen molar-refractivity contribution in [3.63, 3.8) is 0 Å². The number of halogens is 1. The van der Waals surface area contributed by atoms with Crippen LogP contribution in [0.15, 0.2) is 18.2 Å². The molecular weight excluding hydrogens is 218 g/mol. The Labute approximate surface area is 91.3 Å². The first kappa shape index (κ1) is 11.7. The topological polar surface area (TPSA) is 81.3 Å². The predicted molar refractivity (Wildman–Crippen MR) is 53.4 cm³/mol. The summed E-state index contributed by atoms with van der Waals surface area (Å²) in [4.78, 5) is 10.6. The molecule has 0 aromatic heterocycles. The molecule has 0 saturated heterocycles. The van der Waals surface area contributed by atoms with Crippen LogP contribution >= 0.6 is 11.6 Å². The van der Waals surface area contributed by atoms with Gasteiger partial charge in [-0.05, 0) is 23.8 Å². The SMILES string of the molecule is N#CC(O)C(O)c1cc(Cl)ccc1C=O. The normalized spacial score (nSPS) is 14.0. The Kier molecular flexibility index (Phi) is 3.81. The number of hydrogen-bond donors (Lipinski definition) is 2. The molecule has 78 valence electrons. The van der Waals surface area contributed by atoms with Gasteiger partial charge in [-0.15, -0.1) is 0 Å². The molecular formula is C10H8ClNO3. The number of nitriles is 1. The van der Waals surface area contributed by atoms with Gasteiger partial charge in [0.1, 0.15) is 12.4 Å². The van der Waals surface area contributed by atoms with E-state index in [0.717, 1.165) is 0 Å². The van der Waals surface area contributed by atoms with Crippen LogP contribution in [0.1, 0.15) is 22.0 Å². The van der Waals surface area contributed by atoms with E-state index in [2.05, 4.69) is 0 Å². The van der Waals surface area contributed by atoms with Gasteiger partial charge in [0.05, 0.1) is 6.07 Å². The fourth-order valence-electron chi connectivity index (χ4n) is 1.15. The molecule has 0 bridgehead atoms. The Bertz CT molecular complexity index is 414. The van der Waals surface area contributed by atoms with E-state index >= 15 is 0 Å². The van der Waals surface area contributed by atoms with Gasteiger partial charge in [-0.2, -0.15) is 5.26 Å². The lowest BCUT2D eigenvalue weighted by Crippen LogP contribution is -2.17. The zero-order valence-electron chi connectivity index (χ0n) is 7.59. The Balaban J connectivity index is 3.17. The van der Waals surface area contributed by atoms with Crippen LogP contribution in [0.5, 0.6) is 0 Å². The summed E-state index contributed by atoms with van der Waals surface area (Å²) < 4.78 is 0. The maximum absolute atomic E-state index is 10.6. The van der Waals surface area contributed by atoms with E-state index in [1.54, 1.807) is 0 Å². The second-order valence-corrected chi connectivity index (χ2v) is 3.35. The van der Waals surface area contributed by atoms with E-state index in [1.165, 1.54) is 24.3 Å². The highest BCUT2D eigenvalue weighted by atomic mass is 35.5. The Morgan fingerprint density at radius 3 is 2.67 bits per heavy atom. The first-order valence-corrected chi connectivity index (χ1v) is 4.48. The van der Waals surface area contributed by atoms with Gasteiger partial charge < -0.3 is 10.2 Å². The molecule has 0 heterocycles. The third-order valence-electron chi connectivity index (χ3n) is 1.93. The van der Waals surface area contributed by atoms with Gasteiger partial charge in [-0.1, -0.05) is 11.6 Å². The number of benzene rings is 1. The molecule has 0 spiro atoms. The van der Waals surface area contributed by atoms with Gasteiger partial charge in [0.15, 0.2) is 6.10 Å². The van der Waals surface area contributed by atoms with E-state index in [9.17, 15) is 9.90 Å². The fraction of sp³-hybridized carbons (Fsp3) is 0.200. The molecule has 0 aliphatic rings. The van der Waals surface area contributed by atoms with Crippen LogP contribution in [0, 0.1) is 11.3 Å². The summed E-state index contributed by atoms with van der Waals surface area (Å²) in [6.07, 6.45) is -2.49. The lowest BCUT2D eigenvalue weighted by Gasteiger charge is -2.14. The molecule has 4 nitrogen and oxygen atoms in total. The minimum absolute atomic E-state index is 0.145. The summed E-state index contributed by atoms with van der Waals surface area (Å²) >= 11 is 5.67. The lowest BCUT2D eigenvalue weighted by atomic mass is 10.00. The van der Waals surface area contributed by atoms with Crippen molar-refractivity contribution in [3.05, 3.63) is 34.3 Å². The third kappa shape index (κ3) is 2.54. The quantitative estimate of drug-likeness (QED) is 0.596. The fourth-order valence-corrected chi connectivity index (χ4v) is 1.33. The van der Waals surface area contributed by atoms with E-state index in [-0.39, 0.29) is 11.1 Å². The third-order valence-corrected chi connectivity index (χ3v) is 2.16. The van der Waals surface area contributed by atoms with E-state index in [0.29, 0.717) is 11.3 Å². The second kappa shape index (κ2) is 4.89. The van der Waals surface area contributed by atoms with Gasteiger partial charge in [-0.3, -0.25) is 4.79 Å². The van der Waals surface area contributed by atoms with E-state index < -0.39 is 12.2 Å². The molecule has 0 radical (unpaired) electrons. The zero-order valence-corrected chi connectivity index (χ0v) is 8.35.